The third-order valence-electron chi connectivity index (χ3n) is 5.43. The van der Waals surface area contributed by atoms with E-state index in [0.717, 1.165) is 5.56 Å². The highest BCUT2D eigenvalue weighted by Crippen LogP contribution is 2.36. The number of aromatic nitrogens is 2. The Morgan fingerprint density at radius 3 is 2.81 bits per heavy atom. The van der Waals surface area contributed by atoms with E-state index in [1.165, 1.54) is 0 Å². The van der Waals surface area contributed by atoms with E-state index < -0.39 is 5.92 Å². The number of ether oxygens (including phenoxy) is 2. The molecule has 1 saturated heterocycles. The van der Waals surface area contributed by atoms with Gasteiger partial charge in [-0.2, -0.15) is 5.10 Å². The number of rotatable bonds is 5. The maximum absolute atomic E-state index is 12.8. The van der Waals surface area contributed by atoms with Crippen molar-refractivity contribution in [2.75, 3.05) is 30.0 Å². The lowest BCUT2D eigenvalue weighted by Crippen LogP contribution is -2.28. The van der Waals surface area contributed by atoms with Crippen LogP contribution in [-0.4, -0.2) is 41.4 Å². The van der Waals surface area contributed by atoms with Gasteiger partial charge in [-0.15, -0.1) is 0 Å². The third kappa shape index (κ3) is 4.09. The third-order valence-corrected chi connectivity index (χ3v) is 5.43. The maximum atomic E-state index is 12.8. The summed E-state index contributed by atoms with van der Waals surface area (Å²) in [5.74, 6) is 0.633. The van der Waals surface area contributed by atoms with E-state index in [1.807, 2.05) is 47.3 Å². The Bertz CT molecular complexity index is 1110. The molecule has 3 heterocycles. The van der Waals surface area contributed by atoms with Crippen molar-refractivity contribution in [3.05, 3.63) is 66.5 Å². The number of nitrogens with one attached hydrogen (secondary N) is 1. The molecule has 158 valence electrons. The highest BCUT2D eigenvalue weighted by atomic mass is 16.6. The second-order valence-corrected chi connectivity index (χ2v) is 7.63. The van der Waals surface area contributed by atoms with Crippen LogP contribution in [0.2, 0.25) is 0 Å². The van der Waals surface area contributed by atoms with E-state index in [9.17, 15) is 9.59 Å². The Morgan fingerprint density at radius 2 is 1.97 bits per heavy atom. The molecular weight excluding hydrogens is 396 g/mol. The quantitative estimate of drug-likeness (QED) is 0.689. The summed E-state index contributed by atoms with van der Waals surface area (Å²) in [6.07, 6.45) is 3.80. The van der Waals surface area contributed by atoms with E-state index in [0.29, 0.717) is 49.2 Å². The normalized spacial score (nSPS) is 17.6. The zero-order chi connectivity index (χ0) is 21.2. The Hall–Kier alpha value is -3.81. The van der Waals surface area contributed by atoms with E-state index in [2.05, 4.69) is 10.4 Å². The van der Waals surface area contributed by atoms with Gasteiger partial charge >= 0.3 is 0 Å². The minimum Gasteiger partial charge on any atom is -0.486 e. The fraction of sp³-hybridized carbons (Fsp3) is 0.261. The first-order valence-corrected chi connectivity index (χ1v) is 10.2. The fourth-order valence-electron chi connectivity index (χ4n) is 3.91. The van der Waals surface area contributed by atoms with Gasteiger partial charge in [0.15, 0.2) is 11.5 Å². The van der Waals surface area contributed by atoms with Crippen LogP contribution in [0.15, 0.2) is 60.9 Å². The second-order valence-electron chi connectivity index (χ2n) is 7.63. The van der Waals surface area contributed by atoms with Gasteiger partial charge in [-0.25, -0.2) is 0 Å². The van der Waals surface area contributed by atoms with E-state index >= 15 is 0 Å². The van der Waals surface area contributed by atoms with Gasteiger partial charge < -0.3 is 19.7 Å². The number of nitrogens with zero attached hydrogens (tertiary/aromatic N) is 3. The summed E-state index contributed by atoms with van der Waals surface area (Å²) in [6, 6.07) is 15.0. The number of fused-ring (bicyclic) bond motifs is 1. The van der Waals surface area contributed by atoms with Gasteiger partial charge in [-0.3, -0.25) is 14.3 Å². The van der Waals surface area contributed by atoms with Crippen LogP contribution in [-0.2, 0) is 16.1 Å². The van der Waals surface area contributed by atoms with Crippen LogP contribution in [0.4, 0.5) is 11.4 Å². The van der Waals surface area contributed by atoms with Crippen LogP contribution in [0.3, 0.4) is 0 Å². The highest BCUT2D eigenvalue weighted by molar-refractivity contribution is 6.03. The van der Waals surface area contributed by atoms with Crippen LogP contribution in [0.5, 0.6) is 11.5 Å². The molecule has 3 aromatic rings. The van der Waals surface area contributed by atoms with Crippen LogP contribution in [0.25, 0.3) is 0 Å². The summed E-state index contributed by atoms with van der Waals surface area (Å²) >= 11 is 0. The molecule has 8 heteroatoms. The molecule has 2 aliphatic rings. The summed E-state index contributed by atoms with van der Waals surface area (Å²) in [5.41, 5.74) is 2.45. The van der Waals surface area contributed by atoms with E-state index in [1.54, 1.807) is 23.2 Å². The lowest BCUT2D eigenvalue weighted by molar-refractivity contribution is -0.122. The molecule has 1 unspecified atom stereocenters. The number of benzene rings is 2. The average Bonchev–Trinajstić information content (AvgIpc) is 3.43. The molecule has 1 N–H and O–H groups in total. The summed E-state index contributed by atoms with van der Waals surface area (Å²) in [4.78, 5) is 27.1. The van der Waals surface area contributed by atoms with Gasteiger partial charge in [0.1, 0.15) is 13.2 Å². The molecule has 1 aromatic heterocycles. The van der Waals surface area contributed by atoms with Crippen molar-refractivity contribution in [2.24, 2.45) is 5.92 Å². The smallest absolute Gasteiger partial charge is 0.229 e. The lowest BCUT2D eigenvalue weighted by atomic mass is 10.1. The first-order chi connectivity index (χ1) is 15.2. The minimum absolute atomic E-state index is 0.0794. The number of hydrogen-bond donors (Lipinski definition) is 1. The number of carbonyl (C=O) groups excluding carboxylic acids is 2. The molecule has 2 aliphatic heterocycles. The molecule has 1 fully saturated rings. The van der Waals surface area contributed by atoms with Gasteiger partial charge in [-0.05, 0) is 35.9 Å². The summed E-state index contributed by atoms with van der Waals surface area (Å²) < 4.78 is 13.0. The van der Waals surface area contributed by atoms with Gasteiger partial charge in [0.05, 0.1) is 12.5 Å². The molecule has 5 rings (SSSR count). The van der Waals surface area contributed by atoms with Crippen molar-refractivity contribution in [3.8, 4) is 11.5 Å². The van der Waals surface area contributed by atoms with Crippen molar-refractivity contribution < 1.29 is 19.1 Å². The largest absolute Gasteiger partial charge is 0.486 e. The molecule has 31 heavy (non-hydrogen) atoms. The Morgan fingerprint density at radius 1 is 1.10 bits per heavy atom. The number of anilines is 2. The molecule has 0 bridgehead atoms. The molecule has 0 saturated carbocycles. The first-order valence-electron chi connectivity index (χ1n) is 10.2. The monoisotopic (exact) mass is 418 g/mol. The number of amides is 2. The predicted octanol–water partition coefficient (Wildman–Crippen LogP) is 2.69. The molecule has 8 nitrogen and oxygen atoms in total. The Kier molecular flexibility index (Phi) is 5.03. The molecule has 2 amide bonds. The fourth-order valence-corrected chi connectivity index (χ4v) is 3.91. The van der Waals surface area contributed by atoms with Gasteiger partial charge in [-0.1, -0.05) is 12.1 Å². The maximum Gasteiger partial charge on any atom is 0.229 e. The molecule has 0 radical (unpaired) electrons. The van der Waals surface area contributed by atoms with Crippen LogP contribution < -0.4 is 19.7 Å². The molecule has 1 atom stereocenters. The van der Waals surface area contributed by atoms with E-state index in [4.69, 9.17) is 9.47 Å². The summed E-state index contributed by atoms with van der Waals surface area (Å²) in [6.45, 7) is 1.95. The predicted molar refractivity (Wildman–Crippen MR) is 114 cm³/mol. The van der Waals surface area contributed by atoms with Gasteiger partial charge in [0.25, 0.3) is 0 Å². The summed E-state index contributed by atoms with van der Waals surface area (Å²) in [5, 5.41) is 7.16. The van der Waals surface area contributed by atoms with Gasteiger partial charge in [0, 0.05) is 42.8 Å². The molecule has 0 spiro atoms. The van der Waals surface area contributed by atoms with Crippen molar-refractivity contribution >= 4 is 23.2 Å². The van der Waals surface area contributed by atoms with Gasteiger partial charge in [0.2, 0.25) is 11.8 Å². The molecular formula is C23H22N4O4. The van der Waals surface area contributed by atoms with Crippen molar-refractivity contribution in [1.29, 1.82) is 0 Å². The Balaban J connectivity index is 1.25. The van der Waals surface area contributed by atoms with E-state index in [-0.39, 0.29) is 18.2 Å². The van der Waals surface area contributed by atoms with Crippen LogP contribution in [0, 0.1) is 5.92 Å². The zero-order valence-electron chi connectivity index (χ0n) is 16.9. The Labute approximate surface area is 179 Å². The molecule has 2 aromatic carbocycles. The lowest BCUT2D eigenvalue weighted by Gasteiger charge is -2.22. The number of carbonyl (C=O) groups is 2. The highest BCUT2D eigenvalue weighted by Gasteiger charge is 2.35. The topological polar surface area (TPSA) is 85.7 Å². The first kappa shape index (κ1) is 19.2. The van der Waals surface area contributed by atoms with Crippen LogP contribution in [0.1, 0.15) is 12.0 Å². The van der Waals surface area contributed by atoms with Crippen LogP contribution >= 0.6 is 0 Å². The summed E-state index contributed by atoms with van der Waals surface area (Å²) in [7, 11) is 0. The zero-order valence-corrected chi connectivity index (χ0v) is 16.9. The van der Waals surface area contributed by atoms with Crippen molar-refractivity contribution in [1.82, 2.24) is 9.78 Å². The minimum atomic E-state index is -0.421. The SMILES string of the molecule is O=C(Nc1cccc(Cn2cccn2)c1)C1CC(=O)N(c2ccc3c(c2)OCCO3)C1. The average molecular weight is 418 g/mol. The second kappa shape index (κ2) is 8.14. The van der Waals surface area contributed by atoms with Crippen molar-refractivity contribution in [3.63, 3.8) is 0 Å². The number of hydrogen-bond acceptors (Lipinski definition) is 5. The molecule has 0 aliphatic carbocycles. The van der Waals surface area contributed by atoms with Crippen molar-refractivity contribution in [2.45, 2.75) is 13.0 Å². The standard InChI is InChI=1S/C23H22N4O4/c28-22-12-17(15-27(22)19-5-6-20-21(13-19)31-10-9-30-20)23(29)25-18-4-1-3-16(11-18)14-26-8-2-7-24-26/h1-8,11,13,17H,9-10,12,14-15H2,(H,25,29).